The molecule has 16 heteroatoms. The molecule has 3 unspecified atom stereocenters. The lowest BCUT2D eigenvalue weighted by atomic mass is 10.0. The largest absolute Gasteiger partial charge is 0.472 e. The summed E-state index contributed by atoms with van der Waals surface area (Å²) in [4.78, 5) is 52.7. The molecule has 0 aromatic carbocycles. The first-order valence-electron chi connectivity index (χ1n) is 21.9. The Kier molecular flexibility index (Phi) is 31.7. The molecule has 1 heterocycles. The van der Waals surface area contributed by atoms with E-state index >= 15 is 0 Å². The second kappa shape index (κ2) is 33.5. The van der Waals surface area contributed by atoms with Gasteiger partial charge in [0.2, 0.25) is 0 Å². The standard InChI is InChI=1S/C41H78O14P2/c1-4-5-21-27-38-39(55-38)28-23-18-14-11-12-15-19-24-29-40(43)50-33-37(34-53-57(48,49)52-32-36(42)31-51-56(45,46)47)54-41(44)30-25-20-16-10-8-6-7-9-13-17-22-26-35(2)3/h18,23,35-39,42H,4-17,19-22,24-34H2,1-3H3,(H,48,49)(H2,45,46,47)/b23-18-/t36-,37+,38?,39?/m0/s1. The smallest absolute Gasteiger partial charge is 0.462 e. The van der Waals surface area contributed by atoms with E-state index in [0.29, 0.717) is 25.0 Å². The van der Waals surface area contributed by atoms with Crippen molar-refractivity contribution in [3.05, 3.63) is 12.2 Å². The summed E-state index contributed by atoms with van der Waals surface area (Å²) in [5, 5.41) is 9.74. The molecular formula is C41H78O14P2. The van der Waals surface area contributed by atoms with E-state index in [2.05, 4.69) is 42.0 Å². The minimum Gasteiger partial charge on any atom is -0.462 e. The van der Waals surface area contributed by atoms with Crippen molar-refractivity contribution in [3.63, 3.8) is 0 Å². The number of unbranched alkanes of at least 4 members (excludes halogenated alkanes) is 17. The summed E-state index contributed by atoms with van der Waals surface area (Å²) in [6, 6.07) is 0. The molecule has 0 aromatic heterocycles. The fourth-order valence-electron chi connectivity index (χ4n) is 6.30. The van der Waals surface area contributed by atoms with Gasteiger partial charge in [-0.25, -0.2) is 9.13 Å². The minimum absolute atomic E-state index is 0.129. The minimum atomic E-state index is -4.86. The number of phosphoric acid groups is 2. The molecule has 57 heavy (non-hydrogen) atoms. The topological polar surface area (TPSA) is 208 Å². The summed E-state index contributed by atoms with van der Waals surface area (Å²) in [6.45, 7) is 4.02. The summed E-state index contributed by atoms with van der Waals surface area (Å²) in [6.07, 6.45) is 28.1. The van der Waals surface area contributed by atoms with Crippen molar-refractivity contribution in [1.29, 1.82) is 0 Å². The van der Waals surface area contributed by atoms with Crippen LogP contribution >= 0.6 is 15.6 Å². The Morgan fingerprint density at radius 1 is 0.649 bits per heavy atom. The number of carbonyl (C=O) groups excluding carboxylic acids is 2. The van der Waals surface area contributed by atoms with E-state index in [1.165, 1.54) is 77.0 Å². The Bertz CT molecular complexity index is 1150. The summed E-state index contributed by atoms with van der Waals surface area (Å²) in [5.74, 6) is -0.267. The lowest BCUT2D eigenvalue weighted by Gasteiger charge is -2.20. The van der Waals surface area contributed by atoms with Gasteiger partial charge in [-0.1, -0.05) is 142 Å². The van der Waals surface area contributed by atoms with Crippen molar-refractivity contribution >= 4 is 27.6 Å². The molecule has 0 aromatic rings. The average Bonchev–Trinajstić information content (AvgIpc) is 3.91. The molecule has 1 aliphatic heterocycles. The molecule has 1 saturated heterocycles. The molecule has 0 aliphatic carbocycles. The summed E-state index contributed by atoms with van der Waals surface area (Å²) >= 11 is 0. The van der Waals surface area contributed by atoms with Gasteiger partial charge in [0.05, 0.1) is 32.0 Å². The quantitative estimate of drug-likeness (QED) is 0.0149. The number of esters is 2. The van der Waals surface area contributed by atoms with Crippen LogP contribution in [0.25, 0.3) is 0 Å². The third-order valence-electron chi connectivity index (χ3n) is 9.75. The van der Waals surface area contributed by atoms with Crippen molar-refractivity contribution < 1.29 is 66.3 Å². The number of phosphoric ester groups is 2. The van der Waals surface area contributed by atoms with Gasteiger partial charge in [0.1, 0.15) is 12.7 Å². The van der Waals surface area contributed by atoms with Gasteiger partial charge < -0.3 is 34.0 Å². The Balaban J connectivity index is 2.35. The van der Waals surface area contributed by atoms with Crippen LogP contribution in [0.1, 0.15) is 181 Å². The number of hydrogen-bond acceptors (Lipinski definition) is 11. The lowest BCUT2D eigenvalue weighted by Crippen LogP contribution is -2.30. The molecule has 0 radical (unpaired) electrons. The number of aliphatic hydroxyl groups excluding tert-OH is 1. The van der Waals surface area contributed by atoms with Crippen LogP contribution in [0.15, 0.2) is 12.2 Å². The first-order chi connectivity index (χ1) is 27.2. The van der Waals surface area contributed by atoms with Gasteiger partial charge >= 0.3 is 27.6 Å². The molecule has 1 fully saturated rings. The van der Waals surface area contributed by atoms with Gasteiger partial charge in [0.15, 0.2) is 6.10 Å². The average molecular weight is 857 g/mol. The molecule has 336 valence electrons. The molecule has 0 amide bonds. The van der Waals surface area contributed by atoms with E-state index in [1.54, 1.807) is 0 Å². The second-order valence-electron chi connectivity index (χ2n) is 15.8. The van der Waals surface area contributed by atoms with Crippen molar-refractivity contribution in [2.75, 3.05) is 26.4 Å². The number of rotatable bonds is 40. The number of hydrogen-bond donors (Lipinski definition) is 4. The summed E-state index contributed by atoms with van der Waals surface area (Å²) in [5.41, 5.74) is 0. The number of allylic oxidation sites excluding steroid dienone is 1. The van der Waals surface area contributed by atoms with Gasteiger partial charge in [-0.15, -0.1) is 0 Å². The predicted molar refractivity (Wildman–Crippen MR) is 220 cm³/mol. The highest BCUT2D eigenvalue weighted by Crippen LogP contribution is 2.44. The SMILES string of the molecule is CCCCCC1OC1C/C=C\CCCCCCCC(=O)OC[C@H](COP(=O)(O)OC[C@@H](O)COP(=O)(O)O)OC(=O)CCCCCCCCCCCCCC(C)C. The maximum atomic E-state index is 12.7. The third kappa shape index (κ3) is 35.3. The maximum absolute atomic E-state index is 12.7. The van der Waals surface area contributed by atoms with Crippen LogP contribution in [0.4, 0.5) is 0 Å². The van der Waals surface area contributed by atoms with Crippen LogP contribution in [-0.4, -0.2) is 82.6 Å². The molecule has 1 rings (SSSR count). The first kappa shape index (κ1) is 53.8. The van der Waals surface area contributed by atoms with Crippen molar-refractivity contribution in [3.8, 4) is 0 Å². The van der Waals surface area contributed by atoms with E-state index in [1.807, 2.05) is 0 Å². The zero-order valence-corrected chi connectivity index (χ0v) is 37.1. The molecular weight excluding hydrogens is 778 g/mol. The van der Waals surface area contributed by atoms with Crippen LogP contribution in [0.2, 0.25) is 0 Å². The highest BCUT2D eigenvalue weighted by atomic mass is 31.2. The van der Waals surface area contributed by atoms with Crippen LogP contribution in [-0.2, 0) is 46.5 Å². The predicted octanol–water partition coefficient (Wildman–Crippen LogP) is 9.80. The molecule has 0 spiro atoms. The zero-order valence-electron chi connectivity index (χ0n) is 35.3. The second-order valence-corrected chi connectivity index (χ2v) is 18.5. The van der Waals surface area contributed by atoms with Crippen LogP contribution in [0, 0.1) is 5.92 Å². The fourth-order valence-corrected chi connectivity index (χ4v) is 7.46. The zero-order chi connectivity index (χ0) is 42.2. The van der Waals surface area contributed by atoms with Crippen molar-refractivity contribution in [2.24, 2.45) is 5.92 Å². The highest BCUT2D eigenvalue weighted by Gasteiger charge is 2.36. The molecule has 14 nitrogen and oxygen atoms in total. The monoisotopic (exact) mass is 856 g/mol. The number of carbonyl (C=O) groups is 2. The molecule has 4 N–H and O–H groups in total. The molecule has 0 bridgehead atoms. The Morgan fingerprint density at radius 2 is 1.19 bits per heavy atom. The molecule has 0 saturated carbocycles. The van der Waals surface area contributed by atoms with Gasteiger partial charge in [-0.05, 0) is 44.4 Å². The van der Waals surface area contributed by atoms with Crippen LogP contribution in [0.3, 0.4) is 0 Å². The number of ether oxygens (including phenoxy) is 3. The van der Waals surface area contributed by atoms with Crippen LogP contribution in [0.5, 0.6) is 0 Å². The van der Waals surface area contributed by atoms with Crippen LogP contribution < -0.4 is 0 Å². The lowest BCUT2D eigenvalue weighted by molar-refractivity contribution is -0.161. The van der Waals surface area contributed by atoms with Gasteiger partial charge in [0.25, 0.3) is 0 Å². The summed E-state index contributed by atoms with van der Waals surface area (Å²) < 4.78 is 53.5. The molecule has 1 aliphatic rings. The van der Waals surface area contributed by atoms with E-state index in [9.17, 15) is 28.7 Å². The molecule has 5 atom stereocenters. The summed E-state index contributed by atoms with van der Waals surface area (Å²) in [7, 11) is -9.67. The number of aliphatic hydroxyl groups is 1. The first-order valence-corrected chi connectivity index (χ1v) is 24.9. The van der Waals surface area contributed by atoms with Crippen molar-refractivity contribution in [2.45, 2.75) is 206 Å². The third-order valence-corrected chi connectivity index (χ3v) is 11.2. The van der Waals surface area contributed by atoms with Gasteiger partial charge in [0, 0.05) is 12.8 Å². The Labute approximate surface area is 343 Å². The van der Waals surface area contributed by atoms with E-state index in [4.69, 9.17) is 28.5 Å². The normalized spacial score (nSPS) is 17.8. The van der Waals surface area contributed by atoms with Crippen molar-refractivity contribution in [1.82, 2.24) is 0 Å². The highest BCUT2D eigenvalue weighted by molar-refractivity contribution is 7.47. The maximum Gasteiger partial charge on any atom is 0.472 e. The Morgan fingerprint density at radius 3 is 1.79 bits per heavy atom. The van der Waals surface area contributed by atoms with E-state index < -0.39 is 66.2 Å². The van der Waals surface area contributed by atoms with Gasteiger partial charge in [-0.2, -0.15) is 0 Å². The number of epoxide rings is 1. The Hall–Kier alpha value is -1.18. The van der Waals surface area contributed by atoms with Gasteiger partial charge in [-0.3, -0.25) is 23.2 Å². The fraction of sp³-hybridized carbons (Fsp3) is 0.902. The van der Waals surface area contributed by atoms with E-state index in [-0.39, 0.29) is 12.8 Å². The van der Waals surface area contributed by atoms with E-state index in [0.717, 1.165) is 63.7 Å².